The Balaban J connectivity index is 0.768. The maximum atomic E-state index is 15.0. The van der Waals surface area contributed by atoms with Gasteiger partial charge in [0.2, 0.25) is 5.91 Å². The van der Waals surface area contributed by atoms with Gasteiger partial charge in [-0.2, -0.15) is 5.10 Å². The lowest BCUT2D eigenvalue weighted by molar-refractivity contribution is -0.134. The van der Waals surface area contributed by atoms with Crippen molar-refractivity contribution in [1.82, 2.24) is 39.7 Å². The molecule has 3 aliphatic heterocycles. The lowest BCUT2D eigenvalue weighted by Crippen LogP contribution is -2.55. The Morgan fingerprint density at radius 3 is 2.15 bits per heavy atom. The smallest absolute Gasteiger partial charge is 0.338 e. The number of likely N-dealkylation sites (tertiary alicyclic amines) is 1. The average molecular weight is 843 g/mol. The Kier molecular flexibility index (Phi) is 12.8. The van der Waals surface area contributed by atoms with Crippen LogP contribution in [0.4, 0.5) is 4.39 Å². The molecule has 3 saturated heterocycles. The quantitative estimate of drug-likeness (QED) is 0.195. The first-order valence-electron chi connectivity index (χ1n) is 21.4. The van der Waals surface area contributed by atoms with Crippen LogP contribution in [0.2, 0.25) is 0 Å². The van der Waals surface area contributed by atoms with Crippen LogP contribution in [0.5, 0.6) is 0 Å². The number of carboxylic acids is 1. The van der Waals surface area contributed by atoms with E-state index < -0.39 is 17.7 Å². The first-order valence-corrected chi connectivity index (χ1v) is 21.4. The predicted molar refractivity (Wildman–Crippen MR) is 232 cm³/mol. The number of aromatic nitrogens is 3. The van der Waals surface area contributed by atoms with E-state index in [-0.39, 0.29) is 34.2 Å². The number of hydrogen-bond donors (Lipinski definition) is 2. The molecular weight excluding hydrogens is 792 g/mol. The number of piperidine rings is 1. The minimum atomic E-state index is -1.18. The van der Waals surface area contributed by atoms with Gasteiger partial charge in [-0.25, -0.2) is 19.3 Å². The van der Waals surface area contributed by atoms with Crippen molar-refractivity contribution < 1.29 is 28.7 Å². The number of rotatable bonds is 11. The fourth-order valence-corrected chi connectivity index (χ4v) is 8.86. The van der Waals surface area contributed by atoms with Gasteiger partial charge in [-0.15, -0.1) is 0 Å². The van der Waals surface area contributed by atoms with Crippen LogP contribution in [-0.4, -0.2) is 147 Å². The van der Waals surface area contributed by atoms with E-state index in [4.69, 9.17) is 0 Å². The van der Waals surface area contributed by atoms with Crippen LogP contribution in [0.25, 0.3) is 21.9 Å². The lowest BCUT2D eigenvalue weighted by Gasteiger charge is -2.40. The lowest BCUT2D eigenvalue weighted by atomic mass is 9.95. The first kappa shape index (κ1) is 42.4. The third kappa shape index (κ3) is 9.43. The summed E-state index contributed by atoms with van der Waals surface area (Å²) >= 11 is 0. The van der Waals surface area contributed by atoms with Crippen molar-refractivity contribution in [2.75, 3.05) is 78.5 Å². The Bertz CT molecular complexity index is 2540. The van der Waals surface area contributed by atoms with Crippen LogP contribution in [-0.2, 0) is 17.6 Å². The number of benzene rings is 3. The number of pyridine rings is 1. The molecule has 8 rings (SSSR count). The van der Waals surface area contributed by atoms with Gasteiger partial charge in [-0.1, -0.05) is 55.5 Å². The molecule has 0 unspecified atom stereocenters. The number of aryl methyl sites for hydroxylation is 1. The number of fused-ring (bicyclic) bond motifs is 1. The second-order valence-electron chi connectivity index (χ2n) is 16.5. The summed E-state index contributed by atoms with van der Waals surface area (Å²) < 4.78 is 15.0. The fraction of sp³-hybridized carbons (Fsp3) is 0.383. The van der Waals surface area contributed by atoms with Crippen molar-refractivity contribution in [2.24, 2.45) is 5.92 Å². The van der Waals surface area contributed by atoms with Crippen molar-refractivity contribution in [1.29, 1.82) is 0 Å². The molecule has 0 spiro atoms. The second kappa shape index (κ2) is 18.7. The van der Waals surface area contributed by atoms with E-state index in [1.54, 1.807) is 51.2 Å². The molecule has 62 heavy (non-hydrogen) atoms. The van der Waals surface area contributed by atoms with Crippen LogP contribution in [0.1, 0.15) is 67.8 Å². The molecular formula is C47H51FN8O6. The van der Waals surface area contributed by atoms with E-state index in [1.165, 1.54) is 6.07 Å². The molecule has 15 heteroatoms. The van der Waals surface area contributed by atoms with E-state index in [0.29, 0.717) is 85.7 Å². The number of carbonyl (C=O) groups excluding carboxylic acids is 3. The summed E-state index contributed by atoms with van der Waals surface area (Å²) in [6.45, 7) is 8.82. The Hall–Kier alpha value is -6.32. The van der Waals surface area contributed by atoms with Crippen LogP contribution < -0.4 is 5.56 Å². The third-order valence-electron chi connectivity index (χ3n) is 12.6. The minimum absolute atomic E-state index is 0.0114. The number of piperazine rings is 2. The molecule has 322 valence electrons. The SMILES string of the molecule is CCc1cccc(-c2cnc(C(=O)N3CCC(CN4CCN(CC(=O)N5CCN(C(=O)c6cc(Cc7n[nH]c(=O)c8ccccc78)ccc6F)CC5)CC4)CC3)c(C(=O)O)c2)c1. The maximum Gasteiger partial charge on any atom is 0.338 e. The summed E-state index contributed by atoms with van der Waals surface area (Å²) in [5, 5.41) is 18.0. The number of aromatic amines is 1. The van der Waals surface area contributed by atoms with Gasteiger partial charge in [-0.05, 0) is 66.1 Å². The predicted octanol–water partition coefficient (Wildman–Crippen LogP) is 4.43. The van der Waals surface area contributed by atoms with Crippen molar-refractivity contribution in [2.45, 2.75) is 32.6 Å². The monoisotopic (exact) mass is 842 g/mol. The van der Waals surface area contributed by atoms with Gasteiger partial charge < -0.3 is 24.7 Å². The van der Waals surface area contributed by atoms with Crippen LogP contribution in [0.15, 0.2) is 83.8 Å². The molecule has 5 aromatic rings. The largest absolute Gasteiger partial charge is 0.478 e. The molecule has 0 atom stereocenters. The molecule has 0 radical (unpaired) electrons. The summed E-state index contributed by atoms with van der Waals surface area (Å²) in [5.74, 6) is -2.16. The molecule has 0 aliphatic carbocycles. The molecule has 5 heterocycles. The third-order valence-corrected chi connectivity index (χ3v) is 12.6. The van der Waals surface area contributed by atoms with Gasteiger partial charge in [0.05, 0.1) is 28.8 Å². The molecule has 3 amide bonds. The van der Waals surface area contributed by atoms with Crippen LogP contribution >= 0.6 is 0 Å². The number of halogens is 1. The summed E-state index contributed by atoms with van der Waals surface area (Å²) in [7, 11) is 0. The molecule has 3 aliphatic rings. The van der Waals surface area contributed by atoms with Crippen molar-refractivity contribution in [3.05, 3.63) is 129 Å². The molecule has 0 saturated carbocycles. The van der Waals surface area contributed by atoms with Crippen molar-refractivity contribution in [3.63, 3.8) is 0 Å². The van der Waals surface area contributed by atoms with Gasteiger partial charge in [0.25, 0.3) is 17.4 Å². The van der Waals surface area contributed by atoms with E-state index in [0.717, 1.165) is 63.1 Å². The summed E-state index contributed by atoms with van der Waals surface area (Å²) in [4.78, 5) is 78.9. The second-order valence-corrected chi connectivity index (χ2v) is 16.5. The number of amides is 3. The van der Waals surface area contributed by atoms with Gasteiger partial charge in [0.15, 0.2) is 0 Å². The highest BCUT2D eigenvalue weighted by molar-refractivity contribution is 6.04. The van der Waals surface area contributed by atoms with Crippen LogP contribution in [0, 0.1) is 11.7 Å². The highest BCUT2D eigenvalue weighted by Crippen LogP contribution is 2.26. The molecule has 2 N–H and O–H groups in total. The number of nitrogens with zero attached hydrogens (tertiary/aromatic N) is 7. The number of nitrogens with one attached hydrogen (secondary N) is 1. The molecule has 3 aromatic carbocycles. The standard InChI is InChI=1S/C47H51FN8O6/c1-2-31-6-5-7-34(24-31)35-27-39(47(61)62)43(49-28-35)46(60)55-14-12-32(13-15-55)29-52-16-18-53(19-17-52)30-42(57)54-20-22-56(23-21-54)45(59)38-25-33(10-11-40(38)48)26-41-36-8-3-4-9-37(36)44(58)51-50-41/h3-11,24-25,27-28,32H,2,12-23,26,29-30H2,1H3,(H,51,58)(H,61,62). The first-order chi connectivity index (χ1) is 30.0. The van der Waals surface area contributed by atoms with Gasteiger partial charge in [-0.3, -0.25) is 24.1 Å². The molecule has 0 bridgehead atoms. The Labute approximate surface area is 358 Å². The summed E-state index contributed by atoms with van der Waals surface area (Å²) in [5.41, 5.74) is 3.53. The van der Waals surface area contributed by atoms with Gasteiger partial charge in [0, 0.05) is 95.6 Å². The number of H-pyrrole nitrogens is 1. The normalized spacial score (nSPS) is 16.8. The van der Waals surface area contributed by atoms with E-state index in [9.17, 15) is 29.1 Å². The number of carboxylic acid groups (broad SMARTS) is 1. The van der Waals surface area contributed by atoms with Crippen LogP contribution in [0.3, 0.4) is 0 Å². The van der Waals surface area contributed by atoms with Crippen molar-refractivity contribution in [3.8, 4) is 11.1 Å². The molecule has 3 fully saturated rings. The Morgan fingerprint density at radius 1 is 0.726 bits per heavy atom. The Morgan fingerprint density at radius 2 is 1.42 bits per heavy atom. The summed E-state index contributed by atoms with van der Waals surface area (Å²) in [6.07, 6.45) is 4.37. The zero-order valence-corrected chi connectivity index (χ0v) is 34.9. The molecule has 14 nitrogen and oxygen atoms in total. The summed E-state index contributed by atoms with van der Waals surface area (Å²) in [6, 6.07) is 21.0. The zero-order chi connectivity index (χ0) is 43.3. The minimum Gasteiger partial charge on any atom is -0.478 e. The zero-order valence-electron chi connectivity index (χ0n) is 34.9. The van der Waals surface area contributed by atoms with E-state index in [2.05, 4.69) is 31.9 Å². The maximum absolute atomic E-state index is 15.0. The van der Waals surface area contributed by atoms with Gasteiger partial charge in [0.1, 0.15) is 11.5 Å². The number of aromatic carboxylic acids is 1. The topological polar surface area (TPSA) is 163 Å². The fourth-order valence-electron chi connectivity index (χ4n) is 8.86. The van der Waals surface area contributed by atoms with Gasteiger partial charge >= 0.3 is 5.97 Å². The van der Waals surface area contributed by atoms with Crippen molar-refractivity contribution >= 4 is 34.5 Å². The van der Waals surface area contributed by atoms with E-state index >= 15 is 4.39 Å². The highest BCUT2D eigenvalue weighted by atomic mass is 19.1. The highest BCUT2D eigenvalue weighted by Gasteiger charge is 2.31. The molecule has 2 aromatic heterocycles. The number of carbonyl (C=O) groups is 4. The van der Waals surface area contributed by atoms with E-state index in [1.807, 2.05) is 36.4 Å². The number of hydrogen-bond acceptors (Lipinski definition) is 9. The average Bonchev–Trinajstić information content (AvgIpc) is 3.31.